The van der Waals surface area contributed by atoms with Crippen molar-refractivity contribution in [2.75, 3.05) is 27.6 Å². The van der Waals surface area contributed by atoms with Crippen molar-refractivity contribution in [3.8, 4) is 23.0 Å². The molecule has 8 nitrogen and oxygen atoms in total. The van der Waals surface area contributed by atoms with Crippen LogP contribution >= 0.6 is 0 Å². The zero-order valence-corrected chi connectivity index (χ0v) is 15.8. The number of benzene rings is 2. The van der Waals surface area contributed by atoms with Gasteiger partial charge in [-0.05, 0) is 42.8 Å². The van der Waals surface area contributed by atoms with Gasteiger partial charge in [0.25, 0.3) is 5.91 Å². The van der Waals surface area contributed by atoms with E-state index in [-0.39, 0.29) is 25.3 Å². The molecule has 2 aromatic carbocycles. The number of rotatable bonds is 7. The molecule has 1 atom stereocenters. The Bertz CT molecular complexity index is 881. The van der Waals surface area contributed by atoms with E-state index in [2.05, 4.69) is 10.1 Å². The first-order valence-electron chi connectivity index (χ1n) is 8.60. The highest BCUT2D eigenvalue weighted by Gasteiger charge is 2.18. The summed E-state index contributed by atoms with van der Waals surface area (Å²) in [5.74, 6) is 1.24. The molecule has 148 valence electrons. The van der Waals surface area contributed by atoms with E-state index in [1.54, 1.807) is 6.07 Å². The number of methoxy groups -OCH3 is 2. The second-order valence-corrected chi connectivity index (χ2v) is 6.05. The molecule has 0 saturated heterocycles. The van der Waals surface area contributed by atoms with E-state index < -0.39 is 5.97 Å². The molecule has 0 unspecified atom stereocenters. The average Bonchev–Trinajstić information content (AvgIpc) is 3.19. The minimum absolute atomic E-state index is 0.198. The van der Waals surface area contributed by atoms with Gasteiger partial charge in [-0.2, -0.15) is 0 Å². The van der Waals surface area contributed by atoms with Crippen molar-refractivity contribution in [2.24, 2.45) is 0 Å². The first-order chi connectivity index (χ1) is 13.5. The van der Waals surface area contributed by atoms with Crippen molar-refractivity contribution in [1.29, 1.82) is 0 Å². The van der Waals surface area contributed by atoms with Crippen molar-refractivity contribution in [2.45, 2.75) is 13.0 Å². The van der Waals surface area contributed by atoms with Gasteiger partial charge in [0, 0.05) is 0 Å². The van der Waals surface area contributed by atoms with E-state index in [4.69, 9.17) is 18.9 Å². The van der Waals surface area contributed by atoms with Crippen LogP contribution in [0.5, 0.6) is 23.0 Å². The number of carbonyl (C=O) groups is 2. The quantitative estimate of drug-likeness (QED) is 0.730. The minimum atomic E-state index is -0.486. The summed E-state index contributed by atoms with van der Waals surface area (Å²) in [6.07, 6.45) is 0. The third-order valence-electron chi connectivity index (χ3n) is 4.22. The van der Waals surface area contributed by atoms with Gasteiger partial charge in [-0.25, -0.2) is 4.79 Å². The molecule has 0 saturated carbocycles. The summed E-state index contributed by atoms with van der Waals surface area (Å²) in [4.78, 5) is 23.8. The molecule has 1 N–H and O–H groups in total. The number of ether oxygens (including phenoxy) is 5. The first-order valence-corrected chi connectivity index (χ1v) is 8.60. The van der Waals surface area contributed by atoms with Gasteiger partial charge in [-0.15, -0.1) is 0 Å². The Morgan fingerprint density at radius 3 is 2.61 bits per heavy atom. The number of fused-ring (bicyclic) bond motifs is 1. The van der Waals surface area contributed by atoms with E-state index in [9.17, 15) is 9.59 Å². The normalized spacial score (nSPS) is 12.8. The summed E-state index contributed by atoms with van der Waals surface area (Å²) in [5.41, 5.74) is 1.21. The molecule has 0 fully saturated rings. The molecular formula is C20H21NO7. The smallest absolute Gasteiger partial charge is 0.337 e. The summed E-state index contributed by atoms with van der Waals surface area (Å²) < 4.78 is 26.1. The summed E-state index contributed by atoms with van der Waals surface area (Å²) >= 11 is 0. The summed E-state index contributed by atoms with van der Waals surface area (Å²) in [5, 5.41) is 2.86. The van der Waals surface area contributed by atoms with Gasteiger partial charge in [0.2, 0.25) is 6.79 Å². The average molecular weight is 387 g/mol. The van der Waals surface area contributed by atoms with Crippen LogP contribution in [-0.4, -0.2) is 39.5 Å². The predicted molar refractivity (Wildman–Crippen MR) is 99.0 cm³/mol. The minimum Gasteiger partial charge on any atom is -0.493 e. The fourth-order valence-electron chi connectivity index (χ4n) is 2.72. The molecule has 1 amide bonds. The summed E-state index contributed by atoms with van der Waals surface area (Å²) in [6.45, 7) is 1.86. The Labute approximate surface area is 162 Å². The first kappa shape index (κ1) is 19.3. The van der Waals surface area contributed by atoms with E-state index in [1.807, 2.05) is 25.1 Å². The fourth-order valence-corrected chi connectivity index (χ4v) is 2.72. The Hall–Kier alpha value is -3.42. The second kappa shape index (κ2) is 8.51. The van der Waals surface area contributed by atoms with E-state index in [0.717, 1.165) is 5.56 Å². The predicted octanol–water partition coefficient (Wildman–Crippen LogP) is 2.47. The largest absolute Gasteiger partial charge is 0.493 e. The van der Waals surface area contributed by atoms with E-state index >= 15 is 0 Å². The SMILES string of the molecule is COC(=O)c1ccc(OCC(=O)N[C@@H](C)c2ccc3c(c2)OCO3)c(OC)c1. The molecule has 0 aromatic heterocycles. The van der Waals surface area contributed by atoms with Crippen LogP contribution in [-0.2, 0) is 9.53 Å². The summed E-state index contributed by atoms with van der Waals surface area (Å²) in [7, 11) is 2.75. The zero-order valence-electron chi connectivity index (χ0n) is 15.8. The highest BCUT2D eigenvalue weighted by molar-refractivity contribution is 5.90. The van der Waals surface area contributed by atoms with E-state index in [1.165, 1.54) is 26.4 Å². The van der Waals surface area contributed by atoms with E-state index in [0.29, 0.717) is 28.6 Å². The van der Waals surface area contributed by atoms with Gasteiger partial charge >= 0.3 is 5.97 Å². The topological polar surface area (TPSA) is 92.3 Å². The van der Waals surface area contributed by atoms with Crippen LogP contribution in [0, 0.1) is 0 Å². The van der Waals surface area contributed by atoms with Gasteiger partial charge in [0.05, 0.1) is 25.8 Å². The van der Waals surface area contributed by atoms with Crippen LogP contribution in [0.4, 0.5) is 0 Å². The number of hydrogen-bond donors (Lipinski definition) is 1. The Morgan fingerprint density at radius 1 is 1.07 bits per heavy atom. The number of amides is 1. The lowest BCUT2D eigenvalue weighted by Crippen LogP contribution is -2.31. The molecule has 1 heterocycles. The van der Waals surface area contributed by atoms with Crippen LogP contribution < -0.4 is 24.3 Å². The van der Waals surface area contributed by atoms with Crippen LogP contribution in [0.3, 0.4) is 0 Å². The van der Waals surface area contributed by atoms with Gasteiger partial charge in [-0.3, -0.25) is 4.79 Å². The van der Waals surface area contributed by atoms with Crippen molar-refractivity contribution in [3.05, 3.63) is 47.5 Å². The Morgan fingerprint density at radius 2 is 1.86 bits per heavy atom. The molecule has 2 aromatic rings. The van der Waals surface area contributed by atoms with Gasteiger partial charge in [-0.1, -0.05) is 6.07 Å². The summed E-state index contributed by atoms with van der Waals surface area (Å²) in [6, 6.07) is 9.86. The Balaban J connectivity index is 1.58. The molecule has 0 radical (unpaired) electrons. The van der Waals surface area contributed by atoms with Crippen molar-refractivity contribution in [1.82, 2.24) is 5.32 Å². The number of esters is 1. The van der Waals surface area contributed by atoms with Gasteiger partial charge < -0.3 is 29.0 Å². The lowest BCUT2D eigenvalue weighted by atomic mass is 10.1. The van der Waals surface area contributed by atoms with Crippen molar-refractivity contribution in [3.63, 3.8) is 0 Å². The number of nitrogens with one attached hydrogen (secondary N) is 1. The third-order valence-corrected chi connectivity index (χ3v) is 4.22. The molecule has 0 bridgehead atoms. The maximum atomic E-state index is 12.2. The Kier molecular flexibility index (Phi) is 5.88. The molecule has 8 heteroatoms. The van der Waals surface area contributed by atoms with Crippen LogP contribution in [0.1, 0.15) is 28.9 Å². The molecule has 0 aliphatic carbocycles. The lowest BCUT2D eigenvalue weighted by Gasteiger charge is -2.16. The lowest BCUT2D eigenvalue weighted by molar-refractivity contribution is -0.123. The monoisotopic (exact) mass is 387 g/mol. The zero-order chi connectivity index (χ0) is 20.1. The fraction of sp³-hybridized carbons (Fsp3) is 0.300. The van der Waals surface area contributed by atoms with Crippen LogP contribution in [0.25, 0.3) is 0 Å². The highest BCUT2D eigenvalue weighted by atomic mass is 16.7. The molecule has 1 aliphatic rings. The van der Waals surface area contributed by atoms with Gasteiger partial charge in [0.15, 0.2) is 29.6 Å². The van der Waals surface area contributed by atoms with Gasteiger partial charge in [0.1, 0.15) is 0 Å². The second-order valence-electron chi connectivity index (χ2n) is 6.05. The van der Waals surface area contributed by atoms with Crippen molar-refractivity contribution < 1.29 is 33.3 Å². The van der Waals surface area contributed by atoms with Crippen LogP contribution in [0.15, 0.2) is 36.4 Å². The van der Waals surface area contributed by atoms with Crippen molar-refractivity contribution >= 4 is 11.9 Å². The number of carbonyl (C=O) groups excluding carboxylic acids is 2. The maximum Gasteiger partial charge on any atom is 0.337 e. The maximum absolute atomic E-state index is 12.2. The molecule has 3 rings (SSSR count). The molecule has 1 aliphatic heterocycles. The third kappa shape index (κ3) is 4.28. The standard InChI is InChI=1S/C20H21NO7/c1-12(13-4-6-16-18(8-13)28-11-27-16)21-19(22)10-26-15-7-5-14(20(23)25-3)9-17(15)24-2/h4-9,12H,10-11H2,1-3H3,(H,21,22)/t12-/m0/s1. The number of hydrogen-bond acceptors (Lipinski definition) is 7. The molecule has 0 spiro atoms. The van der Waals surface area contributed by atoms with Crippen LogP contribution in [0.2, 0.25) is 0 Å². The highest BCUT2D eigenvalue weighted by Crippen LogP contribution is 2.34. The molecule has 28 heavy (non-hydrogen) atoms. The molecular weight excluding hydrogens is 366 g/mol.